The van der Waals surface area contributed by atoms with Crippen LogP contribution in [0.4, 0.5) is 5.69 Å². The van der Waals surface area contributed by atoms with Gasteiger partial charge in [0.2, 0.25) is 5.91 Å². The number of piperidine rings is 1. The molecule has 24 heavy (non-hydrogen) atoms. The van der Waals surface area contributed by atoms with Crippen LogP contribution in [0.5, 0.6) is 5.75 Å². The zero-order valence-electron chi connectivity index (χ0n) is 14.8. The Morgan fingerprint density at radius 2 is 2.08 bits per heavy atom. The minimum atomic E-state index is -0.000740. The van der Waals surface area contributed by atoms with Gasteiger partial charge in [0.15, 0.2) is 0 Å². The second-order valence-corrected chi connectivity index (χ2v) is 7.84. The van der Waals surface area contributed by atoms with Crippen molar-refractivity contribution in [2.45, 2.75) is 64.1 Å². The average molecular weight is 332 g/mol. The number of anilines is 1. The van der Waals surface area contributed by atoms with E-state index in [0.29, 0.717) is 6.42 Å². The van der Waals surface area contributed by atoms with Gasteiger partial charge in [0.25, 0.3) is 0 Å². The number of hydrogen-bond acceptors (Lipinski definition) is 4. The van der Waals surface area contributed by atoms with Crippen molar-refractivity contribution in [3.8, 4) is 5.75 Å². The summed E-state index contributed by atoms with van der Waals surface area (Å²) in [5.41, 5.74) is 2.04. The van der Waals surface area contributed by atoms with Crippen LogP contribution in [-0.4, -0.2) is 46.7 Å². The molecule has 0 bridgehead atoms. The zero-order chi connectivity index (χ0) is 17.3. The average Bonchev–Trinajstić information content (AvgIpc) is 2.53. The summed E-state index contributed by atoms with van der Waals surface area (Å²) in [6, 6.07) is 6.18. The molecule has 0 aromatic heterocycles. The van der Waals surface area contributed by atoms with Crippen LogP contribution in [0, 0.1) is 0 Å². The molecule has 5 heteroatoms. The van der Waals surface area contributed by atoms with Gasteiger partial charge in [-0.3, -0.25) is 9.69 Å². The largest absolute Gasteiger partial charge is 0.489 e. The van der Waals surface area contributed by atoms with Gasteiger partial charge >= 0.3 is 0 Å². The van der Waals surface area contributed by atoms with E-state index in [1.165, 1.54) is 5.56 Å². The highest BCUT2D eigenvalue weighted by molar-refractivity contribution is 5.94. The fourth-order valence-electron chi connectivity index (χ4n) is 3.72. The number of ether oxygens (including phenoxy) is 1. The van der Waals surface area contributed by atoms with Gasteiger partial charge in [0.1, 0.15) is 11.9 Å². The highest BCUT2D eigenvalue weighted by Gasteiger charge is 2.35. The lowest BCUT2D eigenvalue weighted by molar-refractivity contribution is -0.116. The van der Waals surface area contributed by atoms with E-state index in [4.69, 9.17) is 4.74 Å². The Kier molecular flexibility index (Phi) is 4.83. The molecule has 2 N–H and O–H groups in total. The Balaban J connectivity index is 1.70. The molecule has 2 aliphatic heterocycles. The molecule has 132 valence electrons. The molecule has 0 saturated carbocycles. The number of carbonyl (C=O) groups is 1. The van der Waals surface area contributed by atoms with Crippen molar-refractivity contribution >= 4 is 11.6 Å². The summed E-state index contributed by atoms with van der Waals surface area (Å²) in [5.74, 6) is 0.874. The van der Waals surface area contributed by atoms with E-state index in [1.807, 2.05) is 18.2 Å². The number of hydrogen-bond donors (Lipinski definition) is 2. The fraction of sp³-hybridized carbons (Fsp3) is 0.632. The summed E-state index contributed by atoms with van der Waals surface area (Å²) < 4.78 is 6.20. The lowest BCUT2D eigenvalue weighted by Crippen LogP contribution is -2.56. The van der Waals surface area contributed by atoms with Gasteiger partial charge in [0.05, 0.1) is 6.61 Å². The molecule has 0 radical (unpaired) electrons. The minimum Gasteiger partial charge on any atom is -0.489 e. The summed E-state index contributed by atoms with van der Waals surface area (Å²) >= 11 is 0. The molecule has 2 atom stereocenters. The topological polar surface area (TPSA) is 61.8 Å². The fourth-order valence-corrected chi connectivity index (χ4v) is 3.72. The number of likely N-dealkylation sites (tertiary alicyclic amines) is 1. The quantitative estimate of drug-likeness (QED) is 0.893. The maximum absolute atomic E-state index is 11.6. The number of aliphatic hydroxyl groups excluding tert-OH is 1. The molecule has 1 saturated heterocycles. The predicted molar refractivity (Wildman–Crippen MR) is 94.4 cm³/mol. The van der Waals surface area contributed by atoms with E-state index in [9.17, 15) is 9.90 Å². The third-order valence-corrected chi connectivity index (χ3v) is 5.01. The zero-order valence-corrected chi connectivity index (χ0v) is 14.8. The molecule has 2 aliphatic rings. The lowest BCUT2D eigenvalue weighted by atomic mass is 9.93. The summed E-state index contributed by atoms with van der Waals surface area (Å²) in [6.07, 6.45) is 3.31. The first-order valence-electron chi connectivity index (χ1n) is 8.84. The molecule has 2 heterocycles. The summed E-state index contributed by atoms with van der Waals surface area (Å²) in [6.45, 7) is 7.51. The Morgan fingerprint density at radius 1 is 1.29 bits per heavy atom. The van der Waals surface area contributed by atoms with Gasteiger partial charge in [-0.25, -0.2) is 0 Å². The van der Waals surface area contributed by atoms with Crippen LogP contribution >= 0.6 is 0 Å². The molecule has 1 amide bonds. The van der Waals surface area contributed by atoms with Gasteiger partial charge in [-0.15, -0.1) is 0 Å². The summed E-state index contributed by atoms with van der Waals surface area (Å²) in [7, 11) is 0. The third-order valence-electron chi connectivity index (χ3n) is 5.01. The van der Waals surface area contributed by atoms with Gasteiger partial charge in [-0.05, 0) is 51.7 Å². The normalized spacial score (nSPS) is 25.1. The number of aliphatic hydroxyl groups is 1. The number of fused-ring (bicyclic) bond motifs is 1. The predicted octanol–water partition coefficient (Wildman–Crippen LogP) is 2.57. The van der Waals surface area contributed by atoms with Gasteiger partial charge < -0.3 is 15.2 Å². The molecule has 1 fully saturated rings. The maximum atomic E-state index is 11.6. The van der Waals surface area contributed by atoms with Crippen LogP contribution in [0.2, 0.25) is 0 Å². The van der Waals surface area contributed by atoms with E-state index in [-0.39, 0.29) is 30.2 Å². The van der Waals surface area contributed by atoms with E-state index >= 15 is 0 Å². The van der Waals surface area contributed by atoms with Crippen molar-refractivity contribution in [1.29, 1.82) is 0 Å². The molecular formula is C19H28N2O3. The monoisotopic (exact) mass is 332 g/mol. The van der Waals surface area contributed by atoms with Crippen molar-refractivity contribution in [2.24, 2.45) is 0 Å². The second-order valence-electron chi connectivity index (χ2n) is 7.84. The highest BCUT2D eigenvalue weighted by atomic mass is 16.5. The number of rotatable bonds is 3. The van der Waals surface area contributed by atoms with Crippen LogP contribution < -0.4 is 10.1 Å². The molecule has 1 aromatic carbocycles. The number of benzene rings is 1. The standard InChI is InChI=1S/C19H28N2O3/c1-19(2,3)21-11-16(8-6-14(21)12-22)24-15-7-4-13-5-9-18(23)20-17(13)10-15/h4,7,10,14,16,22H,5-6,8-9,11-12H2,1-3H3,(H,20,23)/t14-,16+/m1/s1. The number of aryl methyl sites for hydroxylation is 1. The van der Waals surface area contributed by atoms with Crippen molar-refractivity contribution < 1.29 is 14.6 Å². The Hall–Kier alpha value is -1.59. The number of nitrogens with zero attached hydrogens (tertiary/aromatic N) is 1. The van der Waals surface area contributed by atoms with E-state index in [2.05, 4.69) is 31.0 Å². The van der Waals surface area contributed by atoms with Crippen LogP contribution in [-0.2, 0) is 11.2 Å². The van der Waals surface area contributed by atoms with Crippen LogP contribution in [0.1, 0.15) is 45.6 Å². The molecule has 0 spiro atoms. The van der Waals surface area contributed by atoms with E-state index < -0.39 is 0 Å². The first-order chi connectivity index (χ1) is 11.4. The van der Waals surface area contributed by atoms with Crippen molar-refractivity contribution in [3.63, 3.8) is 0 Å². The number of nitrogens with one attached hydrogen (secondary N) is 1. The highest BCUT2D eigenvalue weighted by Crippen LogP contribution is 2.31. The Morgan fingerprint density at radius 3 is 2.79 bits per heavy atom. The van der Waals surface area contributed by atoms with E-state index in [0.717, 1.165) is 37.2 Å². The first kappa shape index (κ1) is 17.2. The van der Waals surface area contributed by atoms with Crippen molar-refractivity contribution in [2.75, 3.05) is 18.5 Å². The lowest BCUT2D eigenvalue weighted by Gasteiger charge is -2.46. The Bertz CT molecular complexity index is 609. The van der Waals surface area contributed by atoms with Gasteiger partial charge in [0, 0.05) is 36.3 Å². The van der Waals surface area contributed by atoms with Gasteiger partial charge in [-0.2, -0.15) is 0 Å². The molecule has 1 aromatic rings. The maximum Gasteiger partial charge on any atom is 0.224 e. The van der Waals surface area contributed by atoms with E-state index in [1.54, 1.807) is 0 Å². The molecule has 0 unspecified atom stereocenters. The molecule has 5 nitrogen and oxygen atoms in total. The van der Waals surface area contributed by atoms with Crippen LogP contribution in [0.3, 0.4) is 0 Å². The number of carbonyl (C=O) groups excluding carboxylic acids is 1. The van der Waals surface area contributed by atoms with Crippen molar-refractivity contribution in [3.05, 3.63) is 23.8 Å². The molecular weight excluding hydrogens is 304 g/mol. The summed E-state index contributed by atoms with van der Waals surface area (Å²) in [5, 5.41) is 12.6. The van der Waals surface area contributed by atoms with Gasteiger partial charge in [-0.1, -0.05) is 6.07 Å². The smallest absolute Gasteiger partial charge is 0.224 e. The molecule has 3 rings (SSSR count). The second kappa shape index (κ2) is 6.73. The van der Waals surface area contributed by atoms with Crippen LogP contribution in [0.25, 0.3) is 0 Å². The third kappa shape index (κ3) is 3.73. The first-order valence-corrected chi connectivity index (χ1v) is 8.84. The minimum absolute atomic E-state index is 0.000740. The van der Waals surface area contributed by atoms with Crippen LogP contribution in [0.15, 0.2) is 18.2 Å². The summed E-state index contributed by atoms with van der Waals surface area (Å²) in [4.78, 5) is 13.9. The van der Waals surface area contributed by atoms with Crippen molar-refractivity contribution in [1.82, 2.24) is 4.90 Å². The Labute approximate surface area is 144 Å². The molecule has 0 aliphatic carbocycles. The SMILES string of the molecule is CC(C)(C)N1C[C@@H](Oc2ccc3c(c2)NC(=O)CC3)CC[C@@H]1CO. The number of amides is 1.